The zero-order valence-corrected chi connectivity index (χ0v) is 5.41. The molecule has 0 N–H and O–H groups in total. The van der Waals surface area contributed by atoms with E-state index in [4.69, 9.17) is 0 Å². The molecule has 0 aromatic carbocycles. The highest BCUT2D eigenvalue weighted by molar-refractivity contribution is 5.00. The summed E-state index contributed by atoms with van der Waals surface area (Å²) in [4.78, 5) is 0. The highest BCUT2D eigenvalue weighted by Gasteiger charge is 2.00. The fourth-order valence-corrected chi connectivity index (χ4v) is 0.958. The van der Waals surface area contributed by atoms with Crippen molar-refractivity contribution in [1.29, 1.82) is 0 Å². The summed E-state index contributed by atoms with van der Waals surface area (Å²) in [6.45, 7) is 2.30. The lowest BCUT2D eigenvalue weighted by molar-refractivity contribution is 0.515. The van der Waals surface area contributed by atoms with Crippen molar-refractivity contribution >= 4 is 0 Å². The molecule has 8 heavy (non-hydrogen) atoms. The van der Waals surface area contributed by atoms with Crippen molar-refractivity contribution in [3.05, 3.63) is 0 Å². The van der Waals surface area contributed by atoms with Crippen molar-refractivity contribution in [3.63, 3.8) is 0 Å². The summed E-state index contributed by atoms with van der Waals surface area (Å²) in [6.07, 6.45) is 4.88. The lowest BCUT2D eigenvalue weighted by Gasteiger charge is -2.02. The molecule has 0 amide bonds. The maximum absolute atomic E-state index is 3.13. The molecule has 0 bridgehead atoms. The van der Waals surface area contributed by atoms with Crippen LogP contribution in [0, 0.1) is 17.8 Å². The van der Waals surface area contributed by atoms with Crippen molar-refractivity contribution in [1.82, 2.24) is 0 Å². The van der Waals surface area contributed by atoms with E-state index in [0.29, 0.717) is 0 Å². The maximum Gasteiger partial charge on any atom is 0.00912 e. The van der Waals surface area contributed by atoms with Gasteiger partial charge in [-0.2, -0.15) is 0 Å². The van der Waals surface area contributed by atoms with Gasteiger partial charge in [0.25, 0.3) is 0 Å². The second-order valence-corrected chi connectivity index (χ2v) is 2.54. The largest absolute Gasteiger partial charge is 0.103 e. The zero-order chi connectivity index (χ0) is 5.82. The molecule has 0 unspecified atom stereocenters. The van der Waals surface area contributed by atoms with Crippen LogP contribution in [0.15, 0.2) is 0 Å². The molecule has 0 aromatic heterocycles. The second kappa shape index (κ2) is 2.77. The molecule has 0 nitrogen and oxygen atoms in total. The Balaban J connectivity index is 2.32. The van der Waals surface area contributed by atoms with E-state index in [1.54, 1.807) is 0 Å². The van der Waals surface area contributed by atoms with Gasteiger partial charge < -0.3 is 0 Å². The molecule has 0 aromatic rings. The average Bonchev–Trinajstić information content (AvgIpc) is 1.94. The minimum absolute atomic E-state index is 0.900. The summed E-state index contributed by atoms with van der Waals surface area (Å²) in [5.74, 6) is 7.16. The summed E-state index contributed by atoms with van der Waals surface area (Å²) >= 11 is 0. The average molecular weight is 108 g/mol. The maximum atomic E-state index is 3.13. The molecular formula is C8H12. The van der Waals surface area contributed by atoms with Crippen molar-refractivity contribution < 1.29 is 0 Å². The minimum Gasteiger partial charge on any atom is -0.103 e. The van der Waals surface area contributed by atoms with E-state index in [2.05, 4.69) is 18.8 Å². The van der Waals surface area contributed by atoms with Crippen molar-refractivity contribution in [2.75, 3.05) is 0 Å². The monoisotopic (exact) mass is 108 g/mol. The molecule has 0 heteroatoms. The minimum atomic E-state index is 0.900. The quantitative estimate of drug-likeness (QED) is 0.417. The van der Waals surface area contributed by atoms with Crippen LogP contribution in [0.4, 0.5) is 0 Å². The van der Waals surface area contributed by atoms with Gasteiger partial charge in [0.15, 0.2) is 0 Å². The van der Waals surface area contributed by atoms with Gasteiger partial charge in [0.1, 0.15) is 0 Å². The van der Waals surface area contributed by atoms with Gasteiger partial charge in [-0.1, -0.05) is 6.92 Å². The molecule has 0 fully saturated rings. The summed E-state index contributed by atoms with van der Waals surface area (Å²) in [5, 5.41) is 0. The Kier molecular flexibility index (Phi) is 1.97. The first kappa shape index (κ1) is 5.69. The van der Waals surface area contributed by atoms with Gasteiger partial charge in [-0.15, -0.1) is 11.8 Å². The third kappa shape index (κ3) is 1.58. The Morgan fingerprint density at radius 2 is 1.62 bits per heavy atom. The summed E-state index contributed by atoms with van der Waals surface area (Å²) in [5.41, 5.74) is 0. The lowest BCUT2D eigenvalue weighted by Crippen LogP contribution is -1.89. The molecule has 0 atom stereocenters. The van der Waals surface area contributed by atoms with Crippen LogP contribution in [0.2, 0.25) is 0 Å². The van der Waals surface area contributed by atoms with Gasteiger partial charge in [-0.25, -0.2) is 0 Å². The molecule has 0 spiro atoms. The predicted molar refractivity (Wildman–Crippen MR) is 35.4 cm³/mol. The Morgan fingerprint density at radius 3 is 2.12 bits per heavy atom. The van der Waals surface area contributed by atoms with Gasteiger partial charge in [0.2, 0.25) is 0 Å². The van der Waals surface area contributed by atoms with Crippen molar-refractivity contribution in [2.45, 2.75) is 32.6 Å². The molecule has 0 radical (unpaired) electrons. The van der Waals surface area contributed by atoms with E-state index < -0.39 is 0 Å². The van der Waals surface area contributed by atoms with Gasteiger partial charge in [-0.05, 0) is 18.8 Å². The molecule has 0 aliphatic heterocycles. The zero-order valence-electron chi connectivity index (χ0n) is 5.41. The summed E-state index contributed by atoms with van der Waals surface area (Å²) < 4.78 is 0. The Bertz CT molecular complexity index is 102. The van der Waals surface area contributed by atoms with E-state index in [0.717, 1.165) is 18.8 Å². The van der Waals surface area contributed by atoms with Crippen molar-refractivity contribution in [2.24, 2.45) is 5.92 Å². The van der Waals surface area contributed by atoms with Crippen molar-refractivity contribution in [3.8, 4) is 11.8 Å². The van der Waals surface area contributed by atoms with Crippen LogP contribution in [0.25, 0.3) is 0 Å². The fraction of sp³-hybridized carbons (Fsp3) is 0.750. The first-order valence-electron chi connectivity index (χ1n) is 3.35. The van der Waals surface area contributed by atoms with Gasteiger partial charge in [-0.3, -0.25) is 0 Å². The van der Waals surface area contributed by atoms with E-state index in [-0.39, 0.29) is 0 Å². The van der Waals surface area contributed by atoms with Gasteiger partial charge >= 0.3 is 0 Å². The molecule has 0 heterocycles. The summed E-state index contributed by atoms with van der Waals surface area (Å²) in [6, 6.07) is 0. The first-order chi connectivity index (χ1) is 3.89. The van der Waals surface area contributed by atoms with Crippen LogP contribution in [0.5, 0.6) is 0 Å². The Morgan fingerprint density at radius 1 is 1.12 bits per heavy atom. The third-order valence-corrected chi connectivity index (χ3v) is 1.65. The van der Waals surface area contributed by atoms with Crippen LogP contribution >= 0.6 is 0 Å². The number of hydrogen-bond donors (Lipinski definition) is 0. The van der Waals surface area contributed by atoms with E-state index >= 15 is 0 Å². The highest BCUT2D eigenvalue weighted by Crippen LogP contribution is 2.13. The third-order valence-electron chi connectivity index (χ3n) is 1.65. The smallest absolute Gasteiger partial charge is 0.00912 e. The first-order valence-corrected chi connectivity index (χ1v) is 3.35. The van der Waals surface area contributed by atoms with E-state index in [1.807, 2.05) is 0 Å². The van der Waals surface area contributed by atoms with Crippen LogP contribution in [-0.4, -0.2) is 0 Å². The molecule has 1 rings (SSSR count). The van der Waals surface area contributed by atoms with E-state index in [1.165, 1.54) is 12.8 Å². The SMILES string of the molecule is CC1CCC#CCC1. The standard InChI is InChI=1S/C8H12/c1-8-6-4-2-3-5-7-8/h8H,4-7H2,1H3. The van der Waals surface area contributed by atoms with Gasteiger partial charge in [0, 0.05) is 12.8 Å². The molecule has 44 valence electrons. The Hall–Kier alpha value is -0.440. The Labute approximate surface area is 51.3 Å². The van der Waals surface area contributed by atoms with E-state index in [9.17, 15) is 0 Å². The summed E-state index contributed by atoms with van der Waals surface area (Å²) in [7, 11) is 0. The van der Waals surface area contributed by atoms with Crippen LogP contribution in [-0.2, 0) is 0 Å². The molecule has 1 aliphatic rings. The topological polar surface area (TPSA) is 0 Å². The predicted octanol–water partition coefficient (Wildman–Crippen LogP) is 2.20. The fourth-order valence-electron chi connectivity index (χ4n) is 0.958. The van der Waals surface area contributed by atoms with Crippen LogP contribution < -0.4 is 0 Å². The molecule has 0 saturated carbocycles. The molecular weight excluding hydrogens is 96.1 g/mol. The molecule has 0 saturated heterocycles. The van der Waals surface area contributed by atoms with Crippen LogP contribution in [0.1, 0.15) is 32.6 Å². The molecule has 1 aliphatic carbocycles. The second-order valence-electron chi connectivity index (χ2n) is 2.54. The van der Waals surface area contributed by atoms with Crippen LogP contribution in [0.3, 0.4) is 0 Å². The number of rotatable bonds is 0. The lowest BCUT2D eigenvalue weighted by atomic mass is 10.0. The van der Waals surface area contributed by atoms with Gasteiger partial charge in [0.05, 0.1) is 0 Å². The number of hydrogen-bond acceptors (Lipinski definition) is 0. The highest BCUT2D eigenvalue weighted by atomic mass is 14.1. The normalized spacial score (nSPS) is 21.1.